The van der Waals surface area contributed by atoms with Crippen molar-refractivity contribution in [1.82, 2.24) is 9.91 Å². The molecule has 2 aliphatic heterocycles. The molecule has 5 nitrogen and oxygen atoms in total. The van der Waals surface area contributed by atoms with E-state index in [0.717, 1.165) is 57.5 Å². The van der Waals surface area contributed by atoms with E-state index >= 15 is 0 Å². The lowest BCUT2D eigenvalue weighted by Crippen LogP contribution is -2.38. The van der Waals surface area contributed by atoms with E-state index in [1.54, 1.807) is 0 Å². The molecule has 26 heavy (non-hydrogen) atoms. The zero-order valence-electron chi connectivity index (χ0n) is 16.2. The number of piperidine rings is 1. The van der Waals surface area contributed by atoms with Gasteiger partial charge in [0, 0.05) is 19.5 Å². The maximum atomic E-state index is 12.3. The lowest BCUT2D eigenvalue weighted by atomic mass is 9.90. The van der Waals surface area contributed by atoms with Gasteiger partial charge in [0.1, 0.15) is 6.34 Å². The number of amides is 1. The van der Waals surface area contributed by atoms with Crippen molar-refractivity contribution in [3.8, 4) is 0 Å². The number of carbonyl (C=O) groups excluding carboxylic acids is 1. The first-order valence-electron chi connectivity index (χ1n) is 10.00. The van der Waals surface area contributed by atoms with Crippen LogP contribution in [0.2, 0.25) is 0 Å². The second-order valence-corrected chi connectivity index (χ2v) is 7.99. The number of benzene rings is 1. The maximum Gasteiger partial charge on any atom is 0.222 e. The Morgan fingerprint density at radius 3 is 2.77 bits per heavy atom. The number of hydrogen-bond acceptors (Lipinski definition) is 4. The molecule has 2 aliphatic rings. The predicted octanol–water partition coefficient (Wildman–Crippen LogP) is 3.57. The molecule has 0 spiro atoms. The van der Waals surface area contributed by atoms with Gasteiger partial charge in [-0.15, -0.1) is 0 Å². The molecule has 0 atom stereocenters. The topological polar surface area (TPSA) is 47.9 Å². The van der Waals surface area contributed by atoms with Crippen molar-refractivity contribution in [2.45, 2.75) is 46.0 Å². The molecule has 1 aromatic rings. The smallest absolute Gasteiger partial charge is 0.222 e. The highest BCUT2D eigenvalue weighted by atomic mass is 16.2. The monoisotopic (exact) mass is 356 g/mol. The van der Waals surface area contributed by atoms with Gasteiger partial charge < -0.3 is 4.90 Å². The second-order valence-electron chi connectivity index (χ2n) is 7.99. The molecule has 0 unspecified atom stereocenters. The van der Waals surface area contributed by atoms with E-state index in [1.165, 1.54) is 5.56 Å². The van der Waals surface area contributed by atoms with Gasteiger partial charge in [-0.2, -0.15) is 0 Å². The first kappa shape index (κ1) is 18.7. The van der Waals surface area contributed by atoms with Crippen molar-refractivity contribution in [1.29, 1.82) is 0 Å². The number of rotatable bonds is 7. The first-order valence-corrected chi connectivity index (χ1v) is 10.00. The van der Waals surface area contributed by atoms with Crippen LogP contribution < -0.4 is 5.43 Å². The summed E-state index contributed by atoms with van der Waals surface area (Å²) in [6.45, 7) is 7.99. The maximum absolute atomic E-state index is 12.3. The molecule has 1 N–H and O–H groups in total. The third-order valence-electron chi connectivity index (χ3n) is 5.32. The van der Waals surface area contributed by atoms with Crippen LogP contribution in [0.1, 0.15) is 45.1 Å². The predicted molar refractivity (Wildman–Crippen MR) is 107 cm³/mol. The van der Waals surface area contributed by atoms with Crippen molar-refractivity contribution in [2.24, 2.45) is 16.8 Å². The number of nitrogens with zero attached hydrogens (tertiary/aromatic N) is 3. The lowest BCUT2D eigenvalue weighted by Gasteiger charge is -2.32. The molecule has 5 heteroatoms. The largest absolute Gasteiger partial charge is 0.343 e. The summed E-state index contributed by atoms with van der Waals surface area (Å²) < 4.78 is 0. The van der Waals surface area contributed by atoms with Crippen molar-refractivity contribution >= 4 is 17.9 Å². The van der Waals surface area contributed by atoms with Crippen LogP contribution in [-0.2, 0) is 11.2 Å². The molecule has 1 saturated heterocycles. The Hall–Kier alpha value is -2.04. The number of carbonyl (C=O) groups is 1. The van der Waals surface area contributed by atoms with Crippen molar-refractivity contribution in [3.63, 3.8) is 0 Å². The van der Waals surface area contributed by atoms with E-state index in [0.29, 0.717) is 24.2 Å². The normalized spacial score (nSPS) is 18.0. The molecule has 1 amide bonds. The molecule has 3 rings (SSSR count). The fourth-order valence-corrected chi connectivity index (χ4v) is 3.69. The zero-order chi connectivity index (χ0) is 18.4. The summed E-state index contributed by atoms with van der Waals surface area (Å²) in [4.78, 5) is 18.6. The van der Waals surface area contributed by atoms with Crippen LogP contribution >= 0.6 is 0 Å². The summed E-state index contributed by atoms with van der Waals surface area (Å²) >= 11 is 0. The molecule has 142 valence electrons. The molecule has 1 fully saturated rings. The van der Waals surface area contributed by atoms with Gasteiger partial charge in [0.05, 0.1) is 18.8 Å². The fraction of sp³-hybridized carbons (Fsp3) is 0.619. The van der Waals surface area contributed by atoms with Gasteiger partial charge in [0.25, 0.3) is 0 Å². The molecule has 0 radical (unpaired) electrons. The Bertz CT molecular complexity index is 620. The molecule has 0 saturated carbocycles. The van der Waals surface area contributed by atoms with E-state index in [-0.39, 0.29) is 0 Å². The minimum atomic E-state index is 0.343. The van der Waals surface area contributed by atoms with Crippen LogP contribution in [-0.4, -0.2) is 48.3 Å². The van der Waals surface area contributed by atoms with Gasteiger partial charge >= 0.3 is 0 Å². The number of anilines is 1. The molecular weight excluding hydrogens is 324 g/mol. The van der Waals surface area contributed by atoms with Crippen LogP contribution in [0.5, 0.6) is 0 Å². The highest BCUT2D eigenvalue weighted by molar-refractivity contribution is 5.76. The van der Waals surface area contributed by atoms with E-state index in [9.17, 15) is 4.79 Å². The third-order valence-corrected chi connectivity index (χ3v) is 5.32. The average Bonchev–Trinajstić information content (AvgIpc) is 3.13. The Kier molecular flexibility index (Phi) is 6.53. The quantitative estimate of drug-likeness (QED) is 0.812. The van der Waals surface area contributed by atoms with Crippen LogP contribution in [0.4, 0.5) is 5.69 Å². The molecule has 2 heterocycles. The highest BCUT2D eigenvalue weighted by Gasteiger charge is 2.23. The Morgan fingerprint density at radius 1 is 1.27 bits per heavy atom. The Balaban J connectivity index is 1.45. The SMILES string of the molecule is CC(C)CCC(=O)N1CCC(Cc2cccc(NN3C=NCC3)c2)CC1. The van der Waals surface area contributed by atoms with Gasteiger partial charge in [0.2, 0.25) is 5.91 Å². The second kappa shape index (κ2) is 9.06. The summed E-state index contributed by atoms with van der Waals surface area (Å²) in [6.07, 6.45) is 6.89. The van der Waals surface area contributed by atoms with Crippen LogP contribution in [0, 0.1) is 11.8 Å². The number of aliphatic imine (C=N–C) groups is 1. The zero-order valence-corrected chi connectivity index (χ0v) is 16.2. The van der Waals surface area contributed by atoms with Crippen LogP contribution in [0.3, 0.4) is 0 Å². The number of likely N-dealkylation sites (tertiary alicyclic amines) is 1. The van der Waals surface area contributed by atoms with E-state index in [2.05, 4.69) is 53.4 Å². The summed E-state index contributed by atoms with van der Waals surface area (Å²) in [5.74, 6) is 1.62. The minimum Gasteiger partial charge on any atom is -0.343 e. The molecular formula is C21H32N4O. The summed E-state index contributed by atoms with van der Waals surface area (Å²) in [5.41, 5.74) is 5.89. The Labute approximate surface area is 157 Å². The van der Waals surface area contributed by atoms with Crippen molar-refractivity contribution < 1.29 is 4.79 Å². The molecule has 0 bridgehead atoms. The van der Waals surface area contributed by atoms with Crippen LogP contribution in [0.15, 0.2) is 29.3 Å². The first-order chi connectivity index (χ1) is 12.6. The van der Waals surface area contributed by atoms with Crippen LogP contribution in [0.25, 0.3) is 0 Å². The van der Waals surface area contributed by atoms with Gasteiger partial charge in [-0.05, 0) is 55.2 Å². The van der Waals surface area contributed by atoms with E-state index < -0.39 is 0 Å². The fourth-order valence-electron chi connectivity index (χ4n) is 3.69. The van der Waals surface area contributed by atoms with E-state index in [4.69, 9.17) is 0 Å². The van der Waals surface area contributed by atoms with Crippen molar-refractivity contribution in [3.05, 3.63) is 29.8 Å². The van der Waals surface area contributed by atoms with Gasteiger partial charge in [0.15, 0.2) is 0 Å². The highest BCUT2D eigenvalue weighted by Crippen LogP contribution is 2.24. The number of hydrogen-bond donors (Lipinski definition) is 1. The summed E-state index contributed by atoms with van der Waals surface area (Å²) in [5, 5.41) is 2.03. The third kappa shape index (κ3) is 5.48. The number of hydrazine groups is 1. The molecule has 0 aromatic heterocycles. The number of nitrogens with one attached hydrogen (secondary N) is 1. The standard InChI is InChI=1S/C21H32N4O/c1-17(2)6-7-21(26)24-11-8-18(9-12-24)14-19-4-3-5-20(15-19)23-25-13-10-22-16-25/h3-5,15-18,23H,6-14H2,1-2H3. The summed E-state index contributed by atoms with van der Waals surface area (Å²) in [6, 6.07) is 8.68. The van der Waals surface area contributed by atoms with Crippen molar-refractivity contribution in [2.75, 3.05) is 31.6 Å². The lowest BCUT2D eigenvalue weighted by molar-refractivity contribution is -0.132. The van der Waals surface area contributed by atoms with E-state index in [1.807, 2.05) is 11.3 Å². The molecule has 1 aromatic carbocycles. The van der Waals surface area contributed by atoms with Gasteiger partial charge in [-0.3, -0.25) is 20.2 Å². The Morgan fingerprint density at radius 2 is 2.08 bits per heavy atom. The van der Waals surface area contributed by atoms with Gasteiger partial charge in [-0.25, -0.2) is 0 Å². The van der Waals surface area contributed by atoms with Gasteiger partial charge in [-0.1, -0.05) is 26.0 Å². The minimum absolute atomic E-state index is 0.343. The molecule has 0 aliphatic carbocycles. The summed E-state index contributed by atoms with van der Waals surface area (Å²) in [7, 11) is 0. The average molecular weight is 357 g/mol.